The molecule has 0 aliphatic carbocycles. The Labute approximate surface area is 106 Å². The summed E-state index contributed by atoms with van der Waals surface area (Å²) < 4.78 is 0. The van der Waals surface area contributed by atoms with Crippen molar-refractivity contribution in [2.45, 2.75) is 26.2 Å². The van der Waals surface area contributed by atoms with E-state index >= 15 is 0 Å². The van der Waals surface area contributed by atoms with E-state index in [0.29, 0.717) is 0 Å². The number of benzene rings is 1. The first-order chi connectivity index (χ1) is 8.09. The predicted molar refractivity (Wildman–Crippen MR) is 75.6 cm³/mol. The third kappa shape index (κ3) is 1.55. The van der Waals surface area contributed by atoms with Gasteiger partial charge in [0.25, 0.3) is 0 Å². The molecule has 1 aliphatic rings. The van der Waals surface area contributed by atoms with Crippen LogP contribution in [0.3, 0.4) is 0 Å². The third-order valence-corrected chi connectivity index (χ3v) is 4.59. The molecule has 2 aromatic rings. The number of aliphatic imine (C=N–C) groups is 1. The van der Waals surface area contributed by atoms with Crippen molar-refractivity contribution in [1.82, 2.24) is 0 Å². The fraction of sp³-hybridized carbons (Fsp3) is 0.267. The second-order valence-electron chi connectivity index (χ2n) is 5.03. The Morgan fingerprint density at radius 2 is 2.00 bits per heavy atom. The molecule has 0 saturated heterocycles. The van der Waals surface area contributed by atoms with Crippen molar-refractivity contribution in [3.05, 3.63) is 41.3 Å². The largest absolute Gasteiger partial charge is 0.257 e. The number of fused-ring (bicyclic) bond motifs is 1. The summed E-state index contributed by atoms with van der Waals surface area (Å²) in [4.78, 5) is 6.01. The van der Waals surface area contributed by atoms with Crippen molar-refractivity contribution < 1.29 is 0 Å². The first-order valence-electron chi connectivity index (χ1n) is 5.83. The van der Waals surface area contributed by atoms with E-state index in [2.05, 4.69) is 56.5 Å². The molecule has 86 valence electrons. The standard InChI is InChI=1S/C15H15NS/c1-10-15(2,3)12-7-6-11(9-13(12)16-10)14-5-4-8-17-14/h4-9H,1-3H3. The number of nitrogens with zero attached hydrogens (tertiary/aromatic N) is 1. The Morgan fingerprint density at radius 3 is 2.71 bits per heavy atom. The van der Waals surface area contributed by atoms with E-state index in [9.17, 15) is 0 Å². The molecule has 2 heteroatoms. The van der Waals surface area contributed by atoms with Crippen LogP contribution in [0.15, 0.2) is 40.7 Å². The highest BCUT2D eigenvalue weighted by Crippen LogP contribution is 2.42. The van der Waals surface area contributed by atoms with Crippen LogP contribution in [0.1, 0.15) is 26.3 Å². The van der Waals surface area contributed by atoms with Crippen LogP contribution < -0.4 is 0 Å². The highest BCUT2D eigenvalue weighted by Gasteiger charge is 2.31. The van der Waals surface area contributed by atoms with Crippen LogP contribution in [0.5, 0.6) is 0 Å². The summed E-state index contributed by atoms with van der Waals surface area (Å²) in [7, 11) is 0. The molecule has 1 nitrogen and oxygen atoms in total. The number of thiophene rings is 1. The Bertz CT molecular complexity index is 591. The van der Waals surface area contributed by atoms with E-state index in [0.717, 1.165) is 5.69 Å². The van der Waals surface area contributed by atoms with Crippen molar-refractivity contribution >= 4 is 22.7 Å². The van der Waals surface area contributed by atoms with Gasteiger partial charge in [-0.15, -0.1) is 11.3 Å². The minimum atomic E-state index is 0.0866. The maximum Gasteiger partial charge on any atom is 0.0677 e. The maximum absolute atomic E-state index is 4.70. The highest BCUT2D eigenvalue weighted by atomic mass is 32.1. The van der Waals surface area contributed by atoms with Crippen LogP contribution in [-0.4, -0.2) is 5.71 Å². The van der Waals surface area contributed by atoms with Gasteiger partial charge in [0.15, 0.2) is 0 Å². The van der Waals surface area contributed by atoms with Crippen LogP contribution >= 0.6 is 11.3 Å². The van der Waals surface area contributed by atoms with E-state index in [1.165, 1.54) is 21.7 Å². The normalized spacial score (nSPS) is 16.8. The Balaban J connectivity index is 2.14. The van der Waals surface area contributed by atoms with E-state index in [1.54, 1.807) is 11.3 Å². The van der Waals surface area contributed by atoms with Gasteiger partial charge >= 0.3 is 0 Å². The van der Waals surface area contributed by atoms with Gasteiger partial charge in [-0.1, -0.05) is 32.0 Å². The molecule has 0 radical (unpaired) electrons. The summed E-state index contributed by atoms with van der Waals surface area (Å²) >= 11 is 1.77. The van der Waals surface area contributed by atoms with Crippen molar-refractivity contribution in [3.63, 3.8) is 0 Å². The number of hydrogen-bond acceptors (Lipinski definition) is 2. The molecule has 0 unspecified atom stereocenters. The Morgan fingerprint density at radius 1 is 1.18 bits per heavy atom. The quantitative estimate of drug-likeness (QED) is 0.680. The monoisotopic (exact) mass is 241 g/mol. The molecule has 0 fully saturated rings. The summed E-state index contributed by atoms with van der Waals surface area (Å²) in [5, 5.41) is 2.11. The molecule has 1 aliphatic heterocycles. The van der Waals surface area contributed by atoms with Gasteiger partial charge < -0.3 is 0 Å². The first kappa shape index (κ1) is 10.7. The fourth-order valence-electron chi connectivity index (χ4n) is 2.26. The zero-order valence-corrected chi connectivity index (χ0v) is 11.1. The lowest BCUT2D eigenvalue weighted by Crippen LogP contribution is -2.22. The first-order valence-corrected chi connectivity index (χ1v) is 6.71. The molecule has 1 aromatic carbocycles. The summed E-state index contributed by atoms with van der Waals surface area (Å²) in [6.07, 6.45) is 0. The summed E-state index contributed by atoms with van der Waals surface area (Å²) in [6.45, 7) is 6.59. The van der Waals surface area contributed by atoms with Crippen LogP contribution in [0, 0.1) is 0 Å². The molecule has 1 aromatic heterocycles. The molecule has 0 amide bonds. The smallest absolute Gasteiger partial charge is 0.0677 e. The molecule has 17 heavy (non-hydrogen) atoms. The second kappa shape index (κ2) is 3.54. The minimum absolute atomic E-state index is 0.0866. The van der Waals surface area contributed by atoms with Crippen LogP contribution in [0.4, 0.5) is 5.69 Å². The van der Waals surface area contributed by atoms with Crippen LogP contribution in [-0.2, 0) is 5.41 Å². The second-order valence-corrected chi connectivity index (χ2v) is 5.98. The lowest BCUT2D eigenvalue weighted by Gasteiger charge is -2.19. The summed E-state index contributed by atoms with van der Waals surface area (Å²) in [6, 6.07) is 10.9. The molecule has 0 atom stereocenters. The van der Waals surface area contributed by atoms with E-state index in [-0.39, 0.29) is 5.41 Å². The van der Waals surface area contributed by atoms with Gasteiger partial charge in [0, 0.05) is 16.0 Å². The van der Waals surface area contributed by atoms with E-state index in [1.807, 2.05) is 0 Å². The van der Waals surface area contributed by atoms with Gasteiger partial charge in [0.1, 0.15) is 0 Å². The van der Waals surface area contributed by atoms with Gasteiger partial charge in [0.05, 0.1) is 5.69 Å². The average Bonchev–Trinajstić information content (AvgIpc) is 2.87. The summed E-state index contributed by atoms with van der Waals surface area (Å²) in [5.41, 5.74) is 5.04. The number of rotatable bonds is 1. The molecule has 0 spiro atoms. The minimum Gasteiger partial charge on any atom is -0.257 e. The molecule has 0 saturated carbocycles. The fourth-order valence-corrected chi connectivity index (χ4v) is 2.99. The molecule has 0 N–H and O–H groups in total. The maximum atomic E-state index is 4.70. The van der Waals surface area contributed by atoms with E-state index < -0.39 is 0 Å². The number of hydrogen-bond donors (Lipinski definition) is 0. The SMILES string of the molecule is CC1=Nc2cc(-c3cccs3)ccc2C1(C)C. The lowest BCUT2D eigenvalue weighted by molar-refractivity contribution is 0.733. The van der Waals surface area contributed by atoms with Crippen molar-refractivity contribution in [3.8, 4) is 10.4 Å². The molecule has 3 rings (SSSR count). The molecular weight excluding hydrogens is 226 g/mol. The Kier molecular flexibility index (Phi) is 2.23. The average molecular weight is 241 g/mol. The third-order valence-electron chi connectivity index (χ3n) is 3.67. The van der Waals surface area contributed by atoms with Crippen LogP contribution in [0.2, 0.25) is 0 Å². The molecule has 2 heterocycles. The van der Waals surface area contributed by atoms with Crippen molar-refractivity contribution in [2.24, 2.45) is 4.99 Å². The van der Waals surface area contributed by atoms with Gasteiger partial charge in [-0.25, -0.2) is 0 Å². The van der Waals surface area contributed by atoms with Gasteiger partial charge in [0.2, 0.25) is 0 Å². The zero-order chi connectivity index (χ0) is 12.0. The van der Waals surface area contributed by atoms with Crippen LogP contribution in [0.25, 0.3) is 10.4 Å². The van der Waals surface area contributed by atoms with Gasteiger partial charge in [-0.2, -0.15) is 0 Å². The highest BCUT2D eigenvalue weighted by molar-refractivity contribution is 7.13. The topological polar surface area (TPSA) is 12.4 Å². The zero-order valence-electron chi connectivity index (χ0n) is 10.3. The van der Waals surface area contributed by atoms with E-state index in [4.69, 9.17) is 4.99 Å². The Hall–Kier alpha value is -1.41. The van der Waals surface area contributed by atoms with Crippen molar-refractivity contribution in [2.75, 3.05) is 0 Å². The van der Waals surface area contributed by atoms with Crippen molar-refractivity contribution in [1.29, 1.82) is 0 Å². The van der Waals surface area contributed by atoms with Gasteiger partial charge in [-0.3, -0.25) is 4.99 Å². The lowest BCUT2D eigenvalue weighted by atomic mass is 9.82. The summed E-state index contributed by atoms with van der Waals surface area (Å²) in [5.74, 6) is 0. The molecular formula is C15H15NS. The molecule has 0 bridgehead atoms. The van der Waals surface area contributed by atoms with Gasteiger partial charge in [-0.05, 0) is 35.6 Å². The predicted octanol–water partition coefficient (Wildman–Crippen LogP) is 4.80.